The SMILES string of the molecule is Nc1ncnc2c1c(C(=O)O)nn2CC1CC1. The van der Waals surface area contributed by atoms with Gasteiger partial charge in [0, 0.05) is 6.54 Å². The summed E-state index contributed by atoms with van der Waals surface area (Å²) in [5.41, 5.74) is 6.12. The molecule has 0 saturated heterocycles. The first-order valence-electron chi connectivity index (χ1n) is 5.37. The zero-order valence-corrected chi connectivity index (χ0v) is 9.00. The molecule has 3 rings (SSSR count). The number of carbonyl (C=O) groups is 1. The van der Waals surface area contributed by atoms with Gasteiger partial charge in [-0.1, -0.05) is 0 Å². The van der Waals surface area contributed by atoms with Crippen molar-refractivity contribution >= 4 is 22.8 Å². The van der Waals surface area contributed by atoms with Crippen LogP contribution in [0.15, 0.2) is 6.33 Å². The number of carboxylic acid groups (broad SMARTS) is 1. The predicted octanol–water partition coefficient (Wildman–Crippen LogP) is 0.517. The average Bonchev–Trinajstić information content (AvgIpc) is 3.00. The van der Waals surface area contributed by atoms with Gasteiger partial charge in [0.05, 0.1) is 5.39 Å². The quantitative estimate of drug-likeness (QED) is 0.800. The van der Waals surface area contributed by atoms with Crippen LogP contribution in [-0.4, -0.2) is 30.8 Å². The molecule has 7 heteroatoms. The molecule has 7 nitrogen and oxygen atoms in total. The molecule has 0 aliphatic heterocycles. The Morgan fingerprint density at radius 2 is 2.29 bits per heavy atom. The van der Waals surface area contributed by atoms with Crippen LogP contribution < -0.4 is 5.73 Å². The van der Waals surface area contributed by atoms with E-state index in [9.17, 15) is 4.79 Å². The average molecular weight is 233 g/mol. The lowest BCUT2D eigenvalue weighted by Gasteiger charge is -1.99. The van der Waals surface area contributed by atoms with Crippen LogP contribution in [0.4, 0.5) is 5.82 Å². The van der Waals surface area contributed by atoms with Crippen LogP contribution in [0.5, 0.6) is 0 Å². The Hall–Kier alpha value is -2.18. The number of rotatable bonds is 3. The molecule has 0 amide bonds. The summed E-state index contributed by atoms with van der Waals surface area (Å²) in [5, 5.41) is 13.5. The van der Waals surface area contributed by atoms with Crippen molar-refractivity contribution in [2.75, 3.05) is 5.73 Å². The summed E-state index contributed by atoms with van der Waals surface area (Å²) in [6.07, 6.45) is 3.64. The lowest BCUT2D eigenvalue weighted by Crippen LogP contribution is -2.05. The minimum atomic E-state index is -1.11. The number of carboxylic acids is 1. The van der Waals surface area contributed by atoms with Gasteiger partial charge in [-0.05, 0) is 18.8 Å². The maximum atomic E-state index is 11.1. The fourth-order valence-electron chi connectivity index (χ4n) is 1.85. The fraction of sp³-hybridized carbons (Fsp3) is 0.400. The van der Waals surface area contributed by atoms with Gasteiger partial charge in [0.2, 0.25) is 0 Å². The Bertz CT molecular complexity index is 602. The zero-order chi connectivity index (χ0) is 12.0. The predicted molar refractivity (Wildman–Crippen MR) is 59.4 cm³/mol. The molecule has 2 aromatic heterocycles. The Morgan fingerprint density at radius 1 is 1.53 bits per heavy atom. The number of aromatic nitrogens is 4. The van der Waals surface area contributed by atoms with E-state index in [0.717, 1.165) is 12.8 Å². The first-order chi connectivity index (χ1) is 8.16. The summed E-state index contributed by atoms with van der Waals surface area (Å²) in [7, 11) is 0. The lowest BCUT2D eigenvalue weighted by atomic mass is 10.3. The number of nitrogen functional groups attached to an aromatic ring is 1. The number of nitrogens with zero attached hydrogens (tertiary/aromatic N) is 4. The third kappa shape index (κ3) is 1.59. The van der Waals surface area contributed by atoms with Gasteiger partial charge in [-0.15, -0.1) is 0 Å². The second kappa shape index (κ2) is 3.41. The monoisotopic (exact) mass is 233 g/mol. The molecule has 17 heavy (non-hydrogen) atoms. The highest BCUT2D eigenvalue weighted by Gasteiger charge is 2.26. The molecule has 0 unspecified atom stereocenters. The lowest BCUT2D eigenvalue weighted by molar-refractivity contribution is 0.0691. The third-order valence-corrected chi connectivity index (χ3v) is 2.89. The molecular weight excluding hydrogens is 222 g/mol. The zero-order valence-electron chi connectivity index (χ0n) is 9.00. The molecule has 1 saturated carbocycles. The minimum Gasteiger partial charge on any atom is -0.476 e. The summed E-state index contributed by atoms with van der Waals surface area (Å²) in [4.78, 5) is 19.0. The molecule has 1 fully saturated rings. The molecule has 0 aromatic carbocycles. The molecule has 3 N–H and O–H groups in total. The maximum Gasteiger partial charge on any atom is 0.357 e. The van der Waals surface area contributed by atoms with E-state index in [1.54, 1.807) is 4.68 Å². The number of hydrogen-bond donors (Lipinski definition) is 2. The van der Waals surface area contributed by atoms with Crippen LogP contribution in [0, 0.1) is 5.92 Å². The topological polar surface area (TPSA) is 107 Å². The summed E-state index contributed by atoms with van der Waals surface area (Å²) in [5.74, 6) is -0.364. The summed E-state index contributed by atoms with van der Waals surface area (Å²) in [6, 6.07) is 0. The third-order valence-electron chi connectivity index (χ3n) is 2.89. The first-order valence-corrected chi connectivity index (χ1v) is 5.37. The van der Waals surface area contributed by atoms with Gasteiger partial charge in [-0.2, -0.15) is 5.10 Å². The summed E-state index contributed by atoms with van der Waals surface area (Å²) >= 11 is 0. The molecule has 1 aliphatic rings. The number of anilines is 1. The second-order valence-electron chi connectivity index (χ2n) is 4.24. The molecule has 0 bridgehead atoms. The highest BCUT2D eigenvalue weighted by molar-refractivity contribution is 6.04. The van der Waals surface area contributed by atoms with Crippen molar-refractivity contribution in [1.29, 1.82) is 0 Å². The molecule has 2 aromatic rings. The van der Waals surface area contributed by atoms with E-state index in [2.05, 4.69) is 15.1 Å². The Labute approximate surface area is 96.3 Å². The summed E-state index contributed by atoms with van der Waals surface area (Å²) < 4.78 is 1.62. The number of hydrogen-bond acceptors (Lipinski definition) is 5. The van der Waals surface area contributed by atoms with Crippen molar-refractivity contribution < 1.29 is 9.90 Å². The number of fused-ring (bicyclic) bond motifs is 1. The normalized spacial score (nSPS) is 15.3. The van der Waals surface area contributed by atoms with Crippen molar-refractivity contribution in [1.82, 2.24) is 19.7 Å². The Balaban J connectivity index is 2.22. The standard InChI is InChI=1S/C10H11N5O2/c11-8-6-7(10(16)17)14-15(3-5-1-2-5)9(6)13-4-12-8/h4-5H,1-3H2,(H,16,17)(H2,11,12,13). The number of nitrogens with two attached hydrogens (primary N) is 1. The molecule has 0 atom stereocenters. The van der Waals surface area contributed by atoms with Crippen molar-refractivity contribution in [3.63, 3.8) is 0 Å². The fourth-order valence-corrected chi connectivity index (χ4v) is 1.85. The van der Waals surface area contributed by atoms with Gasteiger partial charge < -0.3 is 10.8 Å². The van der Waals surface area contributed by atoms with Crippen LogP contribution in [0.25, 0.3) is 11.0 Å². The van der Waals surface area contributed by atoms with Crippen molar-refractivity contribution in [2.24, 2.45) is 5.92 Å². The van der Waals surface area contributed by atoms with Gasteiger partial charge in [0.25, 0.3) is 0 Å². The van der Waals surface area contributed by atoms with Crippen LogP contribution >= 0.6 is 0 Å². The van der Waals surface area contributed by atoms with E-state index in [1.807, 2.05) is 0 Å². The Morgan fingerprint density at radius 3 is 2.94 bits per heavy atom. The molecule has 0 radical (unpaired) electrons. The molecule has 0 spiro atoms. The van der Waals surface area contributed by atoms with Gasteiger partial charge in [0.15, 0.2) is 11.3 Å². The summed E-state index contributed by atoms with van der Waals surface area (Å²) in [6.45, 7) is 0.695. The highest BCUT2D eigenvalue weighted by Crippen LogP contribution is 2.32. The highest BCUT2D eigenvalue weighted by atomic mass is 16.4. The first kappa shape index (κ1) is 10.0. The van der Waals surface area contributed by atoms with E-state index in [0.29, 0.717) is 23.5 Å². The van der Waals surface area contributed by atoms with Crippen LogP contribution in [0.1, 0.15) is 23.3 Å². The van der Waals surface area contributed by atoms with E-state index < -0.39 is 5.97 Å². The largest absolute Gasteiger partial charge is 0.476 e. The van der Waals surface area contributed by atoms with Crippen molar-refractivity contribution in [2.45, 2.75) is 19.4 Å². The van der Waals surface area contributed by atoms with E-state index >= 15 is 0 Å². The van der Waals surface area contributed by atoms with Crippen LogP contribution in [0.3, 0.4) is 0 Å². The molecular formula is C10H11N5O2. The van der Waals surface area contributed by atoms with Crippen molar-refractivity contribution in [3.05, 3.63) is 12.0 Å². The van der Waals surface area contributed by atoms with E-state index in [-0.39, 0.29) is 11.5 Å². The Kier molecular flexibility index (Phi) is 2.01. The van der Waals surface area contributed by atoms with Crippen LogP contribution in [0.2, 0.25) is 0 Å². The maximum absolute atomic E-state index is 11.1. The minimum absolute atomic E-state index is 0.0706. The van der Waals surface area contributed by atoms with Gasteiger partial charge >= 0.3 is 5.97 Å². The number of aromatic carboxylic acids is 1. The van der Waals surface area contributed by atoms with E-state index in [1.165, 1.54) is 6.33 Å². The van der Waals surface area contributed by atoms with Crippen LogP contribution in [-0.2, 0) is 6.54 Å². The van der Waals surface area contributed by atoms with Gasteiger partial charge in [-0.3, -0.25) is 0 Å². The van der Waals surface area contributed by atoms with Gasteiger partial charge in [0.1, 0.15) is 12.1 Å². The second-order valence-corrected chi connectivity index (χ2v) is 4.24. The molecule has 1 aliphatic carbocycles. The van der Waals surface area contributed by atoms with E-state index in [4.69, 9.17) is 10.8 Å². The van der Waals surface area contributed by atoms with Gasteiger partial charge in [-0.25, -0.2) is 19.4 Å². The molecule has 88 valence electrons. The smallest absolute Gasteiger partial charge is 0.357 e. The van der Waals surface area contributed by atoms with Crippen molar-refractivity contribution in [3.8, 4) is 0 Å². The molecule has 2 heterocycles.